The van der Waals surface area contributed by atoms with E-state index < -0.39 is 18.0 Å². The van der Waals surface area contributed by atoms with Gasteiger partial charge in [-0.2, -0.15) is 13.2 Å². The zero-order valence-corrected chi connectivity index (χ0v) is 13.5. The summed E-state index contributed by atoms with van der Waals surface area (Å²) in [7, 11) is 0. The highest BCUT2D eigenvalue weighted by Gasteiger charge is 2.37. The van der Waals surface area contributed by atoms with E-state index in [1.807, 2.05) is 0 Å². The molecule has 1 aliphatic heterocycles. The van der Waals surface area contributed by atoms with Crippen molar-refractivity contribution < 1.29 is 22.8 Å². The molecule has 0 saturated carbocycles. The van der Waals surface area contributed by atoms with Crippen LogP contribution in [-0.4, -0.2) is 35.4 Å². The standard InChI is InChI=1S/C15H14BrF3N2O2/c16-10-3-5-11(6-4-10)20-14(23)12-2-1-8-21(12)9-7-13(22)15(17,18)19/h3-7,9,12H,1-2,8H2,(H,20,23). The van der Waals surface area contributed by atoms with Gasteiger partial charge < -0.3 is 10.2 Å². The molecular formula is C15H14BrF3N2O2. The van der Waals surface area contributed by atoms with Gasteiger partial charge >= 0.3 is 6.18 Å². The molecule has 0 aliphatic carbocycles. The highest BCUT2D eigenvalue weighted by Crippen LogP contribution is 2.22. The number of allylic oxidation sites excluding steroid dienone is 1. The summed E-state index contributed by atoms with van der Waals surface area (Å²) in [5.74, 6) is -2.25. The smallest absolute Gasteiger partial charge is 0.365 e. The first-order valence-corrected chi connectivity index (χ1v) is 7.68. The van der Waals surface area contributed by atoms with Crippen molar-refractivity contribution in [1.82, 2.24) is 4.90 Å². The molecule has 1 saturated heterocycles. The summed E-state index contributed by atoms with van der Waals surface area (Å²) in [5.41, 5.74) is 0.598. The van der Waals surface area contributed by atoms with Crippen LogP contribution in [0.25, 0.3) is 0 Å². The van der Waals surface area contributed by atoms with Crippen LogP contribution in [0.3, 0.4) is 0 Å². The molecule has 1 aromatic carbocycles. The van der Waals surface area contributed by atoms with Crippen LogP contribution in [0.15, 0.2) is 41.0 Å². The normalized spacial score (nSPS) is 18.4. The van der Waals surface area contributed by atoms with Gasteiger partial charge in [-0.3, -0.25) is 9.59 Å². The van der Waals surface area contributed by atoms with Gasteiger partial charge in [0, 0.05) is 29.0 Å². The van der Waals surface area contributed by atoms with Crippen LogP contribution in [-0.2, 0) is 9.59 Å². The van der Waals surface area contributed by atoms with E-state index in [2.05, 4.69) is 21.2 Å². The van der Waals surface area contributed by atoms with Gasteiger partial charge in [0.05, 0.1) is 0 Å². The molecule has 8 heteroatoms. The fourth-order valence-corrected chi connectivity index (χ4v) is 2.53. The zero-order valence-electron chi connectivity index (χ0n) is 11.9. The number of halogens is 4. The Morgan fingerprint density at radius 2 is 1.91 bits per heavy atom. The average molecular weight is 391 g/mol. The molecule has 2 rings (SSSR count). The predicted octanol–water partition coefficient (Wildman–Crippen LogP) is 3.50. The molecule has 1 atom stereocenters. The quantitative estimate of drug-likeness (QED) is 0.800. The summed E-state index contributed by atoms with van der Waals surface area (Å²) in [4.78, 5) is 24.6. The number of ketones is 1. The van der Waals surface area contributed by atoms with Crippen molar-refractivity contribution in [2.45, 2.75) is 25.1 Å². The van der Waals surface area contributed by atoms with E-state index in [1.54, 1.807) is 24.3 Å². The Morgan fingerprint density at radius 3 is 2.52 bits per heavy atom. The lowest BCUT2D eigenvalue weighted by molar-refractivity contribution is -0.165. The molecule has 1 fully saturated rings. The summed E-state index contributed by atoms with van der Waals surface area (Å²) in [5, 5.41) is 2.72. The van der Waals surface area contributed by atoms with Crippen molar-refractivity contribution in [3.63, 3.8) is 0 Å². The first-order valence-electron chi connectivity index (χ1n) is 6.89. The number of amides is 1. The molecule has 1 N–H and O–H groups in total. The number of hydrogen-bond donors (Lipinski definition) is 1. The SMILES string of the molecule is O=C(Nc1ccc(Br)cc1)C1CCCN1C=CC(=O)C(F)(F)F. The topological polar surface area (TPSA) is 49.4 Å². The monoisotopic (exact) mass is 390 g/mol. The molecule has 23 heavy (non-hydrogen) atoms. The minimum absolute atomic E-state index is 0.311. The van der Waals surface area contributed by atoms with Crippen LogP contribution >= 0.6 is 15.9 Å². The van der Waals surface area contributed by atoms with E-state index in [-0.39, 0.29) is 5.91 Å². The molecular weight excluding hydrogens is 377 g/mol. The van der Waals surface area contributed by atoms with Crippen LogP contribution < -0.4 is 5.32 Å². The third kappa shape index (κ3) is 4.82. The lowest BCUT2D eigenvalue weighted by atomic mass is 10.2. The lowest BCUT2D eigenvalue weighted by Crippen LogP contribution is -2.36. The van der Waals surface area contributed by atoms with Crippen molar-refractivity contribution >= 4 is 33.3 Å². The molecule has 1 heterocycles. The van der Waals surface area contributed by atoms with Crippen molar-refractivity contribution in [2.24, 2.45) is 0 Å². The number of alkyl halides is 3. The molecule has 0 spiro atoms. The predicted molar refractivity (Wildman–Crippen MR) is 82.7 cm³/mol. The second-order valence-corrected chi connectivity index (χ2v) is 5.99. The van der Waals surface area contributed by atoms with E-state index in [1.165, 1.54) is 4.90 Å². The van der Waals surface area contributed by atoms with Gasteiger partial charge in [-0.05, 0) is 37.1 Å². The summed E-state index contributed by atoms with van der Waals surface area (Å²) < 4.78 is 37.5. The molecule has 0 radical (unpaired) electrons. The maximum absolute atomic E-state index is 12.2. The zero-order chi connectivity index (χ0) is 17.0. The van der Waals surface area contributed by atoms with Crippen molar-refractivity contribution in [2.75, 3.05) is 11.9 Å². The first-order chi connectivity index (χ1) is 10.8. The average Bonchev–Trinajstić information content (AvgIpc) is 2.94. The maximum Gasteiger partial charge on any atom is 0.454 e. The fraction of sp³-hybridized carbons (Fsp3) is 0.333. The Kier molecular flexibility index (Phi) is 5.46. The summed E-state index contributed by atoms with van der Waals surface area (Å²) in [6.45, 7) is 0.431. The number of anilines is 1. The van der Waals surface area contributed by atoms with E-state index in [0.29, 0.717) is 31.1 Å². The number of nitrogens with one attached hydrogen (secondary N) is 1. The largest absolute Gasteiger partial charge is 0.454 e. The molecule has 4 nitrogen and oxygen atoms in total. The first kappa shape index (κ1) is 17.5. The minimum atomic E-state index is -4.90. The number of nitrogens with zero attached hydrogens (tertiary/aromatic N) is 1. The molecule has 0 aromatic heterocycles. The van der Waals surface area contributed by atoms with Gasteiger partial charge in [0.25, 0.3) is 5.78 Å². The summed E-state index contributed by atoms with van der Waals surface area (Å²) in [6.07, 6.45) is -2.19. The fourth-order valence-electron chi connectivity index (χ4n) is 2.27. The summed E-state index contributed by atoms with van der Waals surface area (Å²) in [6, 6.07) is 6.37. The van der Waals surface area contributed by atoms with Crippen molar-refractivity contribution in [1.29, 1.82) is 0 Å². The molecule has 1 aliphatic rings. The number of benzene rings is 1. The van der Waals surface area contributed by atoms with Gasteiger partial charge in [-0.1, -0.05) is 15.9 Å². The Balaban J connectivity index is 2.00. The highest BCUT2D eigenvalue weighted by molar-refractivity contribution is 9.10. The maximum atomic E-state index is 12.2. The Morgan fingerprint density at radius 1 is 1.26 bits per heavy atom. The number of hydrogen-bond acceptors (Lipinski definition) is 3. The third-order valence-electron chi connectivity index (χ3n) is 3.41. The molecule has 124 valence electrons. The number of rotatable bonds is 4. The molecule has 1 aromatic rings. The summed E-state index contributed by atoms with van der Waals surface area (Å²) >= 11 is 3.28. The van der Waals surface area contributed by atoms with E-state index in [4.69, 9.17) is 0 Å². The lowest BCUT2D eigenvalue weighted by Gasteiger charge is -2.22. The van der Waals surface area contributed by atoms with Crippen LogP contribution in [0.2, 0.25) is 0 Å². The van der Waals surface area contributed by atoms with E-state index in [0.717, 1.165) is 10.7 Å². The van der Waals surface area contributed by atoms with Crippen LogP contribution in [0, 0.1) is 0 Å². The van der Waals surface area contributed by atoms with Crippen molar-refractivity contribution in [3.8, 4) is 0 Å². The van der Waals surface area contributed by atoms with Gasteiger partial charge in [0.1, 0.15) is 6.04 Å². The van der Waals surface area contributed by atoms with Crippen LogP contribution in [0.1, 0.15) is 12.8 Å². The molecule has 1 unspecified atom stereocenters. The second-order valence-electron chi connectivity index (χ2n) is 5.07. The number of carbonyl (C=O) groups excluding carboxylic acids is 2. The number of carbonyl (C=O) groups is 2. The second kappa shape index (κ2) is 7.16. The Labute approximate surface area is 139 Å². The van der Waals surface area contributed by atoms with E-state index >= 15 is 0 Å². The minimum Gasteiger partial charge on any atom is -0.365 e. The van der Waals surface area contributed by atoms with Gasteiger partial charge in [-0.25, -0.2) is 0 Å². The van der Waals surface area contributed by atoms with Crippen LogP contribution in [0.5, 0.6) is 0 Å². The molecule has 1 amide bonds. The Bertz CT molecular complexity index is 614. The number of likely N-dealkylation sites (tertiary alicyclic amines) is 1. The highest BCUT2D eigenvalue weighted by atomic mass is 79.9. The van der Waals surface area contributed by atoms with Gasteiger partial charge in [0.2, 0.25) is 5.91 Å². The van der Waals surface area contributed by atoms with Crippen molar-refractivity contribution in [3.05, 3.63) is 41.0 Å². The molecule has 0 bridgehead atoms. The third-order valence-corrected chi connectivity index (χ3v) is 3.93. The van der Waals surface area contributed by atoms with Gasteiger partial charge in [-0.15, -0.1) is 0 Å². The van der Waals surface area contributed by atoms with Gasteiger partial charge in [0.15, 0.2) is 0 Å². The Hall–Kier alpha value is -1.83. The van der Waals surface area contributed by atoms with Crippen LogP contribution in [0.4, 0.5) is 18.9 Å². The van der Waals surface area contributed by atoms with E-state index in [9.17, 15) is 22.8 Å².